The molecule has 0 bridgehead atoms. The maximum absolute atomic E-state index is 12.5. The minimum absolute atomic E-state index is 0.0581. The van der Waals surface area contributed by atoms with Crippen molar-refractivity contribution in [3.63, 3.8) is 0 Å². The predicted octanol–water partition coefficient (Wildman–Crippen LogP) is 2.63. The molecule has 1 N–H and O–H groups in total. The lowest BCUT2D eigenvalue weighted by molar-refractivity contribution is -0.120. The number of nitrogens with one attached hydrogen (secondary N) is 1. The van der Waals surface area contributed by atoms with Crippen molar-refractivity contribution in [1.29, 1.82) is 0 Å². The predicted molar refractivity (Wildman–Crippen MR) is 80.5 cm³/mol. The van der Waals surface area contributed by atoms with E-state index in [0.717, 1.165) is 16.8 Å². The Kier molecular flexibility index (Phi) is 4.48. The summed E-state index contributed by atoms with van der Waals surface area (Å²) in [5.41, 5.74) is 2.77. The molecule has 4 heteroatoms. The monoisotopic (exact) mass is 269 g/mol. The van der Waals surface area contributed by atoms with E-state index in [4.69, 9.17) is 0 Å². The first-order valence-electron chi connectivity index (χ1n) is 6.52. The fourth-order valence-corrected chi connectivity index (χ4v) is 2.14. The number of anilines is 1. The minimum atomic E-state index is -0.358. The summed E-state index contributed by atoms with van der Waals surface area (Å²) < 4.78 is 0. The smallest absolute Gasteiger partial charge is 0.246 e. The van der Waals surface area contributed by atoms with Gasteiger partial charge in [-0.05, 0) is 44.3 Å². The number of benzene rings is 1. The normalized spacial score (nSPS) is 12.2. The molecule has 0 saturated carbocycles. The quantitative estimate of drug-likeness (QED) is 0.928. The van der Waals surface area contributed by atoms with Crippen molar-refractivity contribution in [3.8, 4) is 0 Å². The number of para-hydroxylation sites is 1. The van der Waals surface area contributed by atoms with Crippen LogP contribution in [0.3, 0.4) is 0 Å². The van der Waals surface area contributed by atoms with Crippen LogP contribution in [0.2, 0.25) is 0 Å². The molecule has 1 unspecified atom stereocenters. The highest BCUT2D eigenvalue weighted by Crippen LogP contribution is 2.21. The van der Waals surface area contributed by atoms with Crippen LogP contribution in [0.15, 0.2) is 48.8 Å². The molecule has 0 aliphatic heterocycles. The Balaban J connectivity index is 2.23. The zero-order valence-corrected chi connectivity index (χ0v) is 12.0. The summed E-state index contributed by atoms with van der Waals surface area (Å²) in [4.78, 5) is 18.5. The molecule has 104 valence electrons. The maximum atomic E-state index is 12.5. The van der Waals surface area contributed by atoms with Gasteiger partial charge >= 0.3 is 0 Å². The molecule has 1 amide bonds. The van der Waals surface area contributed by atoms with E-state index in [1.807, 2.05) is 62.3 Å². The van der Waals surface area contributed by atoms with Gasteiger partial charge in [-0.1, -0.05) is 24.3 Å². The van der Waals surface area contributed by atoms with Gasteiger partial charge in [-0.3, -0.25) is 14.7 Å². The van der Waals surface area contributed by atoms with Crippen molar-refractivity contribution >= 4 is 11.6 Å². The highest BCUT2D eigenvalue weighted by atomic mass is 16.2. The lowest BCUT2D eigenvalue weighted by Gasteiger charge is -2.23. The second kappa shape index (κ2) is 6.30. The summed E-state index contributed by atoms with van der Waals surface area (Å²) in [6.45, 7) is 1.98. The van der Waals surface area contributed by atoms with E-state index in [1.165, 1.54) is 0 Å². The topological polar surface area (TPSA) is 45.2 Å². The SMILES string of the molecule is Cc1ccccc1NC(=O)C(c1cccnc1)N(C)C. The van der Waals surface area contributed by atoms with Crippen LogP contribution < -0.4 is 5.32 Å². The van der Waals surface area contributed by atoms with Gasteiger partial charge < -0.3 is 5.32 Å². The van der Waals surface area contributed by atoms with Crippen LogP contribution in [0.4, 0.5) is 5.69 Å². The molecule has 1 atom stereocenters. The number of carbonyl (C=O) groups is 1. The van der Waals surface area contributed by atoms with E-state index in [9.17, 15) is 4.79 Å². The Hall–Kier alpha value is -2.20. The first-order chi connectivity index (χ1) is 9.59. The van der Waals surface area contributed by atoms with E-state index >= 15 is 0 Å². The van der Waals surface area contributed by atoms with E-state index in [1.54, 1.807) is 12.4 Å². The molecule has 0 radical (unpaired) electrons. The zero-order valence-electron chi connectivity index (χ0n) is 12.0. The lowest BCUT2D eigenvalue weighted by atomic mass is 10.1. The van der Waals surface area contributed by atoms with Crippen LogP contribution >= 0.6 is 0 Å². The molecule has 0 aliphatic carbocycles. The first kappa shape index (κ1) is 14.2. The van der Waals surface area contributed by atoms with Crippen molar-refractivity contribution < 1.29 is 4.79 Å². The van der Waals surface area contributed by atoms with Gasteiger partial charge in [0.25, 0.3) is 0 Å². The molecule has 0 saturated heterocycles. The summed E-state index contributed by atoms with van der Waals surface area (Å²) in [6.07, 6.45) is 3.43. The summed E-state index contributed by atoms with van der Waals surface area (Å²) in [7, 11) is 3.77. The summed E-state index contributed by atoms with van der Waals surface area (Å²) in [5.74, 6) is -0.0581. The molecule has 1 heterocycles. The van der Waals surface area contributed by atoms with E-state index in [-0.39, 0.29) is 11.9 Å². The van der Waals surface area contributed by atoms with Gasteiger partial charge in [0.15, 0.2) is 0 Å². The number of pyridine rings is 1. The Morgan fingerprint density at radius 3 is 2.55 bits per heavy atom. The van der Waals surface area contributed by atoms with Gasteiger partial charge in [-0.15, -0.1) is 0 Å². The number of hydrogen-bond acceptors (Lipinski definition) is 3. The van der Waals surface area contributed by atoms with Crippen LogP contribution in [0, 0.1) is 6.92 Å². The fourth-order valence-electron chi connectivity index (χ4n) is 2.14. The molecule has 2 aromatic rings. The van der Waals surface area contributed by atoms with Gasteiger partial charge in [-0.2, -0.15) is 0 Å². The van der Waals surface area contributed by atoms with Crippen LogP contribution in [0.5, 0.6) is 0 Å². The molecule has 4 nitrogen and oxygen atoms in total. The molecule has 1 aromatic heterocycles. The average Bonchev–Trinajstić information content (AvgIpc) is 2.42. The molecular formula is C16H19N3O. The molecule has 2 rings (SSSR count). The molecule has 0 aliphatic rings. The second-order valence-corrected chi connectivity index (χ2v) is 4.96. The number of nitrogens with zero attached hydrogens (tertiary/aromatic N) is 2. The summed E-state index contributed by atoms with van der Waals surface area (Å²) >= 11 is 0. The molecular weight excluding hydrogens is 250 g/mol. The van der Waals surface area contributed by atoms with Crippen LogP contribution in [0.25, 0.3) is 0 Å². The Morgan fingerprint density at radius 2 is 1.95 bits per heavy atom. The number of rotatable bonds is 4. The van der Waals surface area contributed by atoms with E-state index in [2.05, 4.69) is 10.3 Å². The highest BCUT2D eigenvalue weighted by Gasteiger charge is 2.23. The molecule has 0 fully saturated rings. The van der Waals surface area contributed by atoms with Gasteiger partial charge in [0, 0.05) is 18.1 Å². The van der Waals surface area contributed by atoms with Crippen molar-refractivity contribution in [3.05, 3.63) is 59.9 Å². The van der Waals surface area contributed by atoms with Gasteiger partial charge in [0.2, 0.25) is 5.91 Å². The van der Waals surface area contributed by atoms with Crippen molar-refractivity contribution in [2.75, 3.05) is 19.4 Å². The molecule has 20 heavy (non-hydrogen) atoms. The van der Waals surface area contributed by atoms with E-state index < -0.39 is 0 Å². The number of likely N-dealkylation sites (N-methyl/N-ethyl adjacent to an activating group) is 1. The highest BCUT2D eigenvalue weighted by molar-refractivity contribution is 5.96. The number of hydrogen-bond donors (Lipinski definition) is 1. The lowest BCUT2D eigenvalue weighted by Crippen LogP contribution is -2.32. The summed E-state index contributed by atoms with van der Waals surface area (Å²) in [5, 5.41) is 2.98. The fraction of sp³-hybridized carbons (Fsp3) is 0.250. The van der Waals surface area contributed by atoms with Crippen LogP contribution in [-0.4, -0.2) is 29.9 Å². The maximum Gasteiger partial charge on any atom is 0.246 e. The van der Waals surface area contributed by atoms with Gasteiger partial charge in [0.1, 0.15) is 6.04 Å². The third-order valence-corrected chi connectivity index (χ3v) is 3.17. The molecule has 1 aromatic carbocycles. The summed E-state index contributed by atoms with van der Waals surface area (Å²) in [6, 6.07) is 11.1. The minimum Gasteiger partial charge on any atom is -0.324 e. The number of aryl methyl sites for hydroxylation is 1. The van der Waals surface area contributed by atoms with Crippen molar-refractivity contribution in [1.82, 2.24) is 9.88 Å². The Morgan fingerprint density at radius 1 is 1.20 bits per heavy atom. The van der Waals surface area contributed by atoms with Crippen LogP contribution in [-0.2, 0) is 4.79 Å². The number of aromatic nitrogens is 1. The first-order valence-corrected chi connectivity index (χ1v) is 6.52. The Labute approximate surface area is 119 Å². The van der Waals surface area contributed by atoms with Crippen molar-refractivity contribution in [2.45, 2.75) is 13.0 Å². The number of amides is 1. The molecule has 0 spiro atoms. The third kappa shape index (κ3) is 3.22. The van der Waals surface area contributed by atoms with Gasteiger partial charge in [0.05, 0.1) is 0 Å². The largest absolute Gasteiger partial charge is 0.324 e. The zero-order chi connectivity index (χ0) is 14.5. The van der Waals surface area contributed by atoms with Crippen LogP contribution in [0.1, 0.15) is 17.2 Å². The number of carbonyl (C=O) groups excluding carboxylic acids is 1. The standard InChI is InChI=1S/C16H19N3O/c1-12-7-4-5-9-14(12)18-16(20)15(19(2)3)13-8-6-10-17-11-13/h4-11,15H,1-3H3,(H,18,20). The average molecular weight is 269 g/mol. The van der Waals surface area contributed by atoms with Gasteiger partial charge in [-0.25, -0.2) is 0 Å². The van der Waals surface area contributed by atoms with Crippen molar-refractivity contribution in [2.24, 2.45) is 0 Å². The second-order valence-electron chi connectivity index (χ2n) is 4.96. The Bertz CT molecular complexity index is 581. The van der Waals surface area contributed by atoms with E-state index in [0.29, 0.717) is 0 Å². The third-order valence-electron chi connectivity index (χ3n) is 3.17.